The van der Waals surface area contributed by atoms with Gasteiger partial charge in [0, 0.05) is 29.2 Å². The minimum Gasteiger partial charge on any atom is -0.483 e. The lowest BCUT2D eigenvalue weighted by Crippen LogP contribution is -2.32. The lowest BCUT2D eigenvalue weighted by atomic mass is 10.1. The van der Waals surface area contributed by atoms with Crippen molar-refractivity contribution in [3.63, 3.8) is 0 Å². The third-order valence-corrected chi connectivity index (χ3v) is 5.83. The number of rotatable bonds is 5. The second-order valence-corrected chi connectivity index (χ2v) is 8.40. The highest BCUT2D eigenvalue weighted by molar-refractivity contribution is 7.10. The number of carbonyl (C=O) groups excluding carboxylic acids is 2. The molecule has 2 aromatic carbocycles. The fourth-order valence-corrected chi connectivity index (χ4v) is 4.14. The van der Waals surface area contributed by atoms with Crippen molar-refractivity contribution in [1.82, 2.24) is 4.90 Å². The summed E-state index contributed by atoms with van der Waals surface area (Å²) in [5, 5.41) is 4.74. The van der Waals surface area contributed by atoms with Gasteiger partial charge in [-0.2, -0.15) is 13.2 Å². The number of halogens is 3. The van der Waals surface area contributed by atoms with Crippen LogP contribution in [0.15, 0.2) is 60.0 Å². The van der Waals surface area contributed by atoms with Crippen LogP contribution in [0.5, 0.6) is 5.75 Å². The van der Waals surface area contributed by atoms with Crippen molar-refractivity contribution < 1.29 is 27.5 Å². The van der Waals surface area contributed by atoms with E-state index in [0.29, 0.717) is 22.6 Å². The molecule has 0 bridgehead atoms. The topological polar surface area (TPSA) is 58.6 Å². The molecule has 1 aromatic heterocycles. The van der Waals surface area contributed by atoms with E-state index in [1.165, 1.54) is 22.3 Å². The molecule has 2 amide bonds. The molecule has 0 aliphatic carbocycles. The molecule has 0 saturated heterocycles. The van der Waals surface area contributed by atoms with Gasteiger partial charge in [-0.3, -0.25) is 9.59 Å². The molecule has 0 radical (unpaired) electrons. The Morgan fingerprint density at radius 1 is 1.12 bits per heavy atom. The van der Waals surface area contributed by atoms with Gasteiger partial charge in [-0.05, 0) is 47.3 Å². The van der Waals surface area contributed by atoms with Gasteiger partial charge in [0.15, 0.2) is 6.61 Å². The molecule has 0 atom stereocenters. The summed E-state index contributed by atoms with van der Waals surface area (Å²) in [6.07, 6.45) is -4.20. The van der Waals surface area contributed by atoms with Crippen LogP contribution >= 0.6 is 11.3 Å². The first-order chi connectivity index (χ1) is 15.3. The van der Waals surface area contributed by atoms with Crippen molar-refractivity contribution in [2.45, 2.75) is 25.7 Å². The second-order valence-electron chi connectivity index (χ2n) is 7.36. The fourth-order valence-electron chi connectivity index (χ4n) is 3.43. The molecule has 3 aromatic rings. The predicted molar refractivity (Wildman–Crippen MR) is 114 cm³/mol. The molecule has 9 heteroatoms. The van der Waals surface area contributed by atoms with Crippen molar-refractivity contribution in [2.75, 3.05) is 11.9 Å². The summed E-state index contributed by atoms with van der Waals surface area (Å²) in [5.74, 6) is 0.00174. The van der Waals surface area contributed by atoms with Crippen LogP contribution < -0.4 is 10.1 Å². The van der Waals surface area contributed by atoms with Crippen LogP contribution in [-0.2, 0) is 35.3 Å². The van der Waals surface area contributed by atoms with E-state index in [9.17, 15) is 22.8 Å². The molecule has 5 nitrogen and oxygen atoms in total. The van der Waals surface area contributed by atoms with Crippen LogP contribution in [0.25, 0.3) is 0 Å². The molecule has 1 aliphatic rings. The van der Waals surface area contributed by atoms with Gasteiger partial charge in [0.05, 0.1) is 12.0 Å². The van der Waals surface area contributed by atoms with Crippen LogP contribution in [0.3, 0.4) is 0 Å². The lowest BCUT2D eigenvalue weighted by Gasteiger charge is -2.21. The van der Waals surface area contributed by atoms with Crippen molar-refractivity contribution in [3.05, 3.63) is 81.5 Å². The number of hydrogen-bond acceptors (Lipinski definition) is 4. The first kappa shape index (κ1) is 21.9. The van der Waals surface area contributed by atoms with Crippen molar-refractivity contribution in [2.24, 2.45) is 0 Å². The standard InChI is InChI=1S/C23H19F3N2O3S/c24-23(25,26)17-4-1-3-15(9-17)12-28-13-16-10-18(6-7-20(16)31-14-22(28)30)27-21(29)11-19-5-2-8-32-19/h1-10H,11-14H2,(H,27,29). The predicted octanol–water partition coefficient (Wildman–Crippen LogP) is 4.87. The first-order valence-electron chi connectivity index (χ1n) is 9.80. The fraction of sp³-hybridized carbons (Fsp3) is 0.217. The number of ether oxygens (including phenoxy) is 1. The smallest absolute Gasteiger partial charge is 0.416 e. The molecule has 32 heavy (non-hydrogen) atoms. The van der Waals surface area contributed by atoms with Gasteiger partial charge in [-0.15, -0.1) is 11.3 Å². The summed E-state index contributed by atoms with van der Waals surface area (Å²) in [6.45, 7) is -0.0460. The number of hydrogen-bond donors (Lipinski definition) is 1. The highest BCUT2D eigenvalue weighted by Crippen LogP contribution is 2.31. The Bertz CT molecular complexity index is 1130. The second kappa shape index (κ2) is 9.04. The van der Waals surface area contributed by atoms with Gasteiger partial charge >= 0.3 is 6.18 Å². The van der Waals surface area contributed by atoms with Crippen LogP contribution in [0.1, 0.15) is 21.6 Å². The van der Waals surface area contributed by atoms with Gasteiger partial charge in [0.2, 0.25) is 5.91 Å². The molecule has 4 rings (SSSR count). The Balaban J connectivity index is 1.49. The Kier molecular flexibility index (Phi) is 6.18. The summed E-state index contributed by atoms with van der Waals surface area (Å²) < 4.78 is 44.6. The Hall–Kier alpha value is -3.33. The lowest BCUT2D eigenvalue weighted by molar-refractivity contribution is -0.137. The zero-order valence-corrected chi connectivity index (χ0v) is 17.6. The SMILES string of the molecule is O=C(Cc1cccs1)Nc1ccc2c(c1)CN(Cc1cccc(C(F)(F)F)c1)C(=O)CO2. The Morgan fingerprint density at radius 3 is 2.72 bits per heavy atom. The van der Waals surface area contributed by atoms with Gasteiger partial charge in [-0.1, -0.05) is 18.2 Å². The highest BCUT2D eigenvalue weighted by atomic mass is 32.1. The maximum Gasteiger partial charge on any atom is 0.416 e. The quantitative estimate of drug-likeness (QED) is 0.591. The molecular formula is C23H19F3N2O3S. The van der Waals surface area contributed by atoms with E-state index in [0.717, 1.165) is 17.0 Å². The van der Waals surface area contributed by atoms with Gasteiger partial charge < -0.3 is 15.0 Å². The summed E-state index contributed by atoms with van der Waals surface area (Å²) >= 11 is 1.50. The van der Waals surface area contributed by atoms with Gasteiger partial charge in [0.25, 0.3) is 5.91 Å². The molecule has 2 heterocycles. The first-order valence-corrected chi connectivity index (χ1v) is 10.7. The van der Waals surface area contributed by atoms with Crippen LogP contribution in [0.2, 0.25) is 0 Å². The van der Waals surface area contributed by atoms with E-state index < -0.39 is 11.7 Å². The minimum absolute atomic E-state index is 0.0144. The van der Waals surface area contributed by atoms with E-state index in [4.69, 9.17) is 4.74 Å². The number of nitrogens with zero attached hydrogens (tertiary/aromatic N) is 1. The zero-order chi connectivity index (χ0) is 22.7. The van der Waals surface area contributed by atoms with Crippen LogP contribution in [-0.4, -0.2) is 23.3 Å². The zero-order valence-electron chi connectivity index (χ0n) is 16.8. The van der Waals surface area contributed by atoms with Gasteiger partial charge in [-0.25, -0.2) is 0 Å². The molecule has 1 N–H and O–H groups in total. The number of nitrogens with one attached hydrogen (secondary N) is 1. The average Bonchev–Trinajstić information content (AvgIpc) is 3.19. The summed E-state index contributed by atoms with van der Waals surface area (Å²) in [5.41, 5.74) is 0.834. The number of fused-ring (bicyclic) bond motifs is 1. The molecular weight excluding hydrogens is 441 g/mol. The maximum atomic E-state index is 13.0. The molecule has 1 aliphatic heterocycles. The molecule has 0 saturated carbocycles. The molecule has 0 unspecified atom stereocenters. The Labute approximate surface area is 186 Å². The number of thiophene rings is 1. The van der Waals surface area contributed by atoms with Crippen LogP contribution in [0.4, 0.5) is 18.9 Å². The summed E-state index contributed by atoms with van der Waals surface area (Å²) in [7, 11) is 0. The number of amides is 2. The molecule has 0 fully saturated rings. The Morgan fingerprint density at radius 2 is 1.97 bits per heavy atom. The molecule has 0 spiro atoms. The van der Waals surface area contributed by atoms with Crippen molar-refractivity contribution in [1.29, 1.82) is 0 Å². The number of benzene rings is 2. The van der Waals surface area contributed by atoms with E-state index in [-0.39, 0.29) is 37.9 Å². The van der Waals surface area contributed by atoms with E-state index in [2.05, 4.69) is 5.32 Å². The van der Waals surface area contributed by atoms with Crippen molar-refractivity contribution >= 4 is 28.8 Å². The summed E-state index contributed by atoms with van der Waals surface area (Å²) in [6, 6.07) is 13.8. The van der Waals surface area contributed by atoms with Crippen LogP contribution in [0, 0.1) is 0 Å². The minimum atomic E-state index is -4.45. The van der Waals surface area contributed by atoms with E-state index in [1.807, 2.05) is 17.5 Å². The normalized spacial score (nSPS) is 13.8. The molecule has 166 valence electrons. The number of carbonyl (C=O) groups is 2. The largest absolute Gasteiger partial charge is 0.483 e. The third-order valence-electron chi connectivity index (χ3n) is 4.95. The van der Waals surface area contributed by atoms with E-state index >= 15 is 0 Å². The number of alkyl halides is 3. The van der Waals surface area contributed by atoms with Gasteiger partial charge in [0.1, 0.15) is 5.75 Å². The third kappa shape index (κ3) is 5.28. The monoisotopic (exact) mass is 460 g/mol. The highest BCUT2D eigenvalue weighted by Gasteiger charge is 2.31. The average molecular weight is 460 g/mol. The number of anilines is 1. The van der Waals surface area contributed by atoms with E-state index in [1.54, 1.807) is 24.3 Å². The van der Waals surface area contributed by atoms with Crippen molar-refractivity contribution in [3.8, 4) is 5.75 Å². The summed E-state index contributed by atoms with van der Waals surface area (Å²) in [4.78, 5) is 27.2. The maximum absolute atomic E-state index is 13.0.